The van der Waals surface area contributed by atoms with E-state index < -0.39 is 0 Å². The second kappa shape index (κ2) is 6.94. The molecule has 1 saturated heterocycles. The molecule has 0 aliphatic carbocycles. The molecule has 1 aliphatic heterocycles. The van der Waals surface area contributed by atoms with Crippen molar-refractivity contribution < 1.29 is 9.47 Å². The van der Waals surface area contributed by atoms with Gasteiger partial charge in [-0.05, 0) is 45.0 Å². The van der Waals surface area contributed by atoms with Gasteiger partial charge in [0.25, 0.3) is 0 Å². The minimum absolute atomic E-state index is 0.0392. The molecule has 1 aliphatic rings. The average molecular weight is 366 g/mol. The van der Waals surface area contributed by atoms with Crippen LogP contribution in [0, 0.1) is 0 Å². The zero-order valence-corrected chi connectivity index (χ0v) is 16.3. The maximum absolute atomic E-state index is 6.31. The Morgan fingerprint density at radius 3 is 2.96 bits per heavy atom. The fourth-order valence-corrected chi connectivity index (χ4v) is 3.46. The second-order valence-electron chi connectivity index (χ2n) is 7.82. The van der Waals surface area contributed by atoms with E-state index in [0.29, 0.717) is 5.88 Å². The number of aromatic nitrogens is 3. The molecule has 0 saturated carbocycles. The number of hydrogen-bond acceptors (Lipinski definition) is 5. The highest BCUT2D eigenvalue weighted by Crippen LogP contribution is 2.30. The van der Waals surface area contributed by atoms with Gasteiger partial charge in [0.2, 0.25) is 5.88 Å². The third-order valence-corrected chi connectivity index (χ3v) is 4.88. The molecule has 0 aromatic carbocycles. The molecule has 0 radical (unpaired) electrons. The molecule has 3 aromatic heterocycles. The molecule has 6 nitrogen and oxygen atoms in total. The van der Waals surface area contributed by atoms with Crippen molar-refractivity contribution in [3.63, 3.8) is 0 Å². The summed E-state index contributed by atoms with van der Waals surface area (Å²) in [6, 6.07) is 7.95. The largest absolute Gasteiger partial charge is 0.471 e. The Bertz CT molecular complexity index is 950. The number of hydrogen-bond donors (Lipinski definition) is 1. The number of fused-ring (bicyclic) bond motifs is 1. The molecule has 0 amide bonds. The summed E-state index contributed by atoms with van der Waals surface area (Å²) in [6.45, 7) is 7.82. The number of ether oxygens (including phenoxy) is 2. The number of morpholine rings is 1. The lowest BCUT2D eigenvalue weighted by atomic mass is 10.1. The van der Waals surface area contributed by atoms with Crippen molar-refractivity contribution in [1.82, 2.24) is 19.9 Å². The van der Waals surface area contributed by atoms with Crippen molar-refractivity contribution in [1.29, 1.82) is 0 Å². The molecule has 0 spiro atoms. The molecule has 0 unspecified atom stereocenters. The van der Waals surface area contributed by atoms with Crippen molar-refractivity contribution in [3.8, 4) is 17.1 Å². The second-order valence-corrected chi connectivity index (χ2v) is 7.82. The average Bonchev–Trinajstić information content (AvgIpc) is 3.07. The van der Waals surface area contributed by atoms with Gasteiger partial charge in [-0.25, -0.2) is 4.98 Å². The Morgan fingerprint density at radius 2 is 2.22 bits per heavy atom. The predicted octanol–water partition coefficient (Wildman–Crippen LogP) is 3.17. The third-order valence-electron chi connectivity index (χ3n) is 4.88. The van der Waals surface area contributed by atoms with Crippen molar-refractivity contribution >= 4 is 10.9 Å². The van der Waals surface area contributed by atoms with Gasteiger partial charge >= 0.3 is 0 Å². The standard InChI is InChI=1S/C21H26N4O2/c1-14(19-11-22-13-21(2,3)27-19)26-20-16-6-5-8-23-18(16)10-17(24-20)15-7-9-25(4)12-15/h5-10,12,14,19,22H,11,13H2,1-4H3/t14-,19-/m0/s1. The topological polar surface area (TPSA) is 61.2 Å². The summed E-state index contributed by atoms with van der Waals surface area (Å²) in [7, 11) is 2.00. The first-order valence-electron chi connectivity index (χ1n) is 9.35. The van der Waals surface area contributed by atoms with Crippen molar-refractivity contribution in [3.05, 3.63) is 42.9 Å². The molecule has 4 heterocycles. The quantitative estimate of drug-likeness (QED) is 0.768. The van der Waals surface area contributed by atoms with E-state index in [1.165, 1.54) is 0 Å². The molecule has 142 valence electrons. The Kier molecular flexibility index (Phi) is 4.61. The van der Waals surface area contributed by atoms with Crippen molar-refractivity contribution in [2.45, 2.75) is 38.6 Å². The van der Waals surface area contributed by atoms with Crippen molar-refractivity contribution in [2.24, 2.45) is 7.05 Å². The fraction of sp³-hybridized carbons (Fsp3) is 0.429. The molecule has 6 heteroatoms. The van der Waals surface area contributed by atoms with E-state index in [4.69, 9.17) is 14.5 Å². The molecule has 4 rings (SSSR count). The first-order valence-corrected chi connectivity index (χ1v) is 9.35. The normalized spacial score (nSPS) is 20.5. The van der Waals surface area contributed by atoms with Crippen LogP contribution in [-0.2, 0) is 11.8 Å². The molecule has 1 fully saturated rings. The van der Waals surface area contributed by atoms with Crippen LogP contribution in [0.15, 0.2) is 42.9 Å². The third kappa shape index (κ3) is 3.82. The van der Waals surface area contributed by atoms with E-state index in [9.17, 15) is 0 Å². The lowest BCUT2D eigenvalue weighted by molar-refractivity contribution is -0.127. The predicted molar refractivity (Wildman–Crippen MR) is 106 cm³/mol. The summed E-state index contributed by atoms with van der Waals surface area (Å²) < 4.78 is 14.5. The highest BCUT2D eigenvalue weighted by atomic mass is 16.6. The highest BCUT2D eigenvalue weighted by molar-refractivity contribution is 5.86. The number of nitrogens with zero attached hydrogens (tertiary/aromatic N) is 3. The van der Waals surface area contributed by atoms with Gasteiger partial charge < -0.3 is 19.4 Å². The molecule has 1 N–H and O–H groups in total. The number of nitrogens with one attached hydrogen (secondary N) is 1. The van der Waals surface area contributed by atoms with Gasteiger partial charge in [0, 0.05) is 44.3 Å². The Morgan fingerprint density at radius 1 is 1.37 bits per heavy atom. The summed E-state index contributed by atoms with van der Waals surface area (Å²) in [6.07, 6.45) is 5.66. The Hall–Kier alpha value is -2.44. The maximum Gasteiger partial charge on any atom is 0.223 e. The fourth-order valence-electron chi connectivity index (χ4n) is 3.46. The van der Waals surface area contributed by atoms with Gasteiger partial charge in [-0.1, -0.05) is 0 Å². The molecule has 3 aromatic rings. The summed E-state index contributed by atoms with van der Waals surface area (Å²) in [4.78, 5) is 9.31. The molecular formula is C21H26N4O2. The monoisotopic (exact) mass is 366 g/mol. The van der Waals surface area contributed by atoms with Crippen LogP contribution in [0.4, 0.5) is 0 Å². The van der Waals surface area contributed by atoms with Gasteiger partial charge in [0.15, 0.2) is 0 Å². The number of aryl methyl sites for hydroxylation is 1. The zero-order valence-electron chi connectivity index (χ0n) is 16.3. The minimum atomic E-state index is -0.205. The minimum Gasteiger partial charge on any atom is -0.471 e. The van der Waals surface area contributed by atoms with Crippen LogP contribution in [0.3, 0.4) is 0 Å². The summed E-state index contributed by atoms with van der Waals surface area (Å²) in [5, 5.41) is 4.34. The van der Waals surface area contributed by atoms with Crippen LogP contribution in [0.5, 0.6) is 5.88 Å². The smallest absolute Gasteiger partial charge is 0.223 e. The van der Waals surface area contributed by atoms with E-state index in [1.807, 2.05) is 55.2 Å². The molecule has 0 bridgehead atoms. The first kappa shape index (κ1) is 17.9. The zero-order chi connectivity index (χ0) is 19.0. The van der Waals surface area contributed by atoms with E-state index >= 15 is 0 Å². The summed E-state index contributed by atoms with van der Waals surface area (Å²) in [5.74, 6) is 0.596. The highest BCUT2D eigenvalue weighted by Gasteiger charge is 2.32. The van der Waals surface area contributed by atoms with E-state index in [2.05, 4.69) is 24.1 Å². The van der Waals surface area contributed by atoms with Crippen LogP contribution < -0.4 is 10.1 Å². The molecular weight excluding hydrogens is 340 g/mol. The Labute approximate surface area is 159 Å². The van der Waals surface area contributed by atoms with Gasteiger partial charge in [-0.2, -0.15) is 0 Å². The maximum atomic E-state index is 6.31. The lowest BCUT2D eigenvalue weighted by Crippen LogP contribution is -2.54. The van der Waals surface area contributed by atoms with Gasteiger partial charge in [-0.3, -0.25) is 4.98 Å². The van der Waals surface area contributed by atoms with E-state index in [0.717, 1.165) is 35.2 Å². The van der Waals surface area contributed by atoms with Crippen LogP contribution >= 0.6 is 0 Å². The number of pyridine rings is 2. The molecule has 2 atom stereocenters. The van der Waals surface area contributed by atoms with Gasteiger partial charge in [0.05, 0.1) is 22.2 Å². The van der Waals surface area contributed by atoms with E-state index in [1.54, 1.807) is 6.20 Å². The van der Waals surface area contributed by atoms with Gasteiger partial charge in [0.1, 0.15) is 12.2 Å². The summed E-state index contributed by atoms with van der Waals surface area (Å²) >= 11 is 0. The summed E-state index contributed by atoms with van der Waals surface area (Å²) in [5.41, 5.74) is 2.56. The lowest BCUT2D eigenvalue weighted by Gasteiger charge is -2.39. The number of rotatable bonds is 4. The van der Waals surface area contributed by atoms with E-state index in [-0.39, 0.29) is 17.8 Å². The van der Waals surface area contributed by atoms with Crippen LogP contribution in [-0.4, -0.2) is 45.4 Å². The Balaban J connectivity index is 1.67. The SMILES string of the molecule is C[C@H](Oc1nc(-c2ccn(C)c2)cc2ncccc12)[C@@H]1CNCC(C)(C)O1. The van der Waals surface area contributed by atoms with Crippen LogP contribution in [0.2, 0.25) is 0 Å². The first-order chi connectivity index (χ1) is 12.9. The van der Waals surface area contributed by atoms with Crippen molar-refractivity contribution in [2.75, 3.05) is 13.1 Å². The van der Waals surface area contributed by atoms with Gasteiger partial charge in [-0.15, -0.1) is 0 Å². The van der Waals surface area contributed by atoms with Crippen LogP contribution in [0.25, 0.3) is 22.2 Å². The molecule has 27 heavy (non-hydrogen) atoms. The van der Waals surface area contributed by atoms with Crippen LogP contribution in [0.1, 0.15) is 20.8 Å².